The molecule has 0 aromatic heterocycles. The van der Waals surface area contributed by atoms with Crippen molar-refractivity contribution in [2.75, 3.05) is 0 Å². The van der Waals surface area contributed by atoms with Gasteiger partial charge in [-0.1, -0.05) is 69.3 Å². The van der Waals surface area contributed by atoms with Crippen LogP contribution in [0.15, 0.2) is 64.1 Å². The molecule has 0 saturated carbocycles. The van der Waals surface area contributed by atoms with Gasteiger partial charge in [-0.15, -0.1) is 0 Å². The maximum atomic E-state index is 2.47. The minimum Gasteiger partial charge on any atom is -0.0978 e. The summed E-state index contributed by atoms with van der Waals surface area (Å²) >= 11 is 0. The summed E-state index contributed by atoms with van der Waals surface area (Å²) < 4.78 is 0. The summed E-state index contributed by atoms with van der Waals surface area (Å²) in [6, 6.07) is 11.7. The first-order chi connectivity index (χ1) is 10.5. The quantitative estimate of drug-likeness (QED) is 0.653. The lowest BCUT2D eigenvalue weighted by atomic mass is 10.4. The Kier molecular flexibility index (Phi) is 8.31. The number of hydrogen-bond acceptors (Lipinski definition) is 0. The number of rotatable bonds is 7. The predicted octanol–water partition coefficient (Wildman–Crippen LogP) is 2.11. The molecular weight excluding hydrogens is 329 g/mol. The Labute approximate surface area is 144 Å². The zero-order chi connectivity index (χ0) is 16.6. The van der Waals surface area contributed by atoms with Crippen LogP contribution in [0, 0.1) is 0 Å². The Balaban J connectivity index is 3.40. The Morgan fingerprint density at radius 2 is 1.09 bits per heavy atom. The van der Waals surface area contributed by atoms with Gasteiger partial charge in [0.1, 0.15) is 0 Å². The summed E-state index contributed by atoms with van der Waals surface area (Å²) in [7, 11) is -0.354. The second-order valence-corrected chi connectivity index (χ2v) is 38.5. The number of benzene rings is 1. The van der Waals surface area contributed by atoms with Gasteiger partial charge in [-0.3, -0.25) is 0 Å². The molecule has 1 aromatic rings. The van der Waals surface area contributed by atoms with Crippen molar-refractivity contribution in [3.05, 3.63) is 64.1 Å². The van der Waals surface area contributed by atoms with Gasteiger partial charge in [0, 0.05) is 27.1 Å². The standard InChI is InChI=1S/C18H32Si4/c1-7-15(4)19-22(20-16(5)8-2,21-17(6)9-3)18-13-11-10-12-14-18/h7-14H,19-21H2,1-6H3. The molecule has 0 spiro atoms. The topological polar surface area (TPSA) is 0 Å². The van der Waals surface area contributed by atoms with Gasteiger partial charge < -0.3 is 0 Å². The molecule has 0 aliphatic heterocycles. The minimum atomic E-state index is -1.21. The molecule has 0 unspecified atom stereocenters. The summed E-state index contributed by atoms with van der Waals surface area (Å²) in [6.07, 6.45) is 7.20. The largest absolute Gasteiger partial charge is 0.0978 e. The van der Waals surface area contributed by atoms with Crippen molar-refractivity contribution in [2.45, 2.75) is 41.5 Å². The summed E-state index contributed by atoms with van der Waals surface area (Å²) in [5.74, 6) is 0. The molecular formula is C18H32Si4. The van der Waals surface area contributed by atoms with E-state index >= 15 is 0 Å². The Hall–Kier alpha value is -0.692. The molecule has 0 aliphatic rings. The van der Waals surface area contributed by atoms with Crippen molar-refractivity contribution in [2.24, 2.45) is 0 Å². The molecule has 0 bridgehead atoms. The monoisotopic (exact) mass is 360 g/mol. The summed E-state index contributed by atoms with van der Waals surface area (Å²) in [5.41, 5.74) is 0. The van der Waals surface area contributed by atoms with Crippen LogP contribution in [0.4, 0.5) is 0 Å². The molecule has 120 valence electrons. The van der Waals surface area contributed by atoms with E-state index in [4.69, 9.17) is 0 Å². The van der Waals surface area contributed by atoms with E-state index in [0.29, 0.717) is 0 Å². The van der Waals surface area contributed by atoms with Crippen molar-refractivity contribution in [1.82, 2.24) is 0 Å². The van der Waals surface area contributed by atoms with Gasteiger partial charge in [-0.25, -0.2) is 0 Å². The van der Waals surface area contributed by atoms with Gasteiger partial charge in [-0.05, 0) is 41.5 Å². The van der Waals surface area contributed by atoms with Gasteiger partial charge in [0.2, 0.25) is 0 Å². The molecule has 0 saturated heterocycles. The van der Waals surface area contributed by atoms with Gasteiger partial charge in [-0.2, -0.15) is 0 Å². The van der Waals surface area contributed by atoms with Crippen LogP contribution >= 0.6 is 0 Å². The molecule has 1 aromatic carbocycles. The van der Waals surface area contributed by atoms with E-state index in [0.717, 1.165) is 0 Å². The fraction of sp³-hybridized carbons (Fsp3) is 0.333. The molecule has 0 fully saturated rings. The van der Waals surface area contributed by atoms with Crippen molar-refractivity contribution < 1.29 is 0 Å². The Bertz CT molecular complexity index is 505. The molecule has 0 amide bonds. The molecule has 0 heterocycles. The highest BCUT2D eigenvalue weighted by Crippen LogP contribution is 2.12. The van der Waals surface area contributed by atoms with Crippen LogP contribution in [0.1, 0.15) is 41.5 Å². The lowest BCUT2D eigenvalue weighted by Crippen LogP contribution is -2.65. The minimum absolute atomic E-state index is 0.118. The molecule has 0 atom stereocenters. The highest BCUT2D eigenvalue weighted by Gasteiger charge is 2.36. The van der Waals surface area contributed by atoms with Gasteiger partial charge in [0.25, 0.3) is 0 Å². The molecule has 1 rings (SSSR count). The lowest BCUT2D eigenvalue weighted by Gasteiger charge is -2.33. The Morgan fingerprint density at radius 3 is 1.41 bits per heavy atom. The maximum absolute atomic E-state index is 2.47. The van der Waals surface area contributed by atoms with Crippen LogP contribution in [-0.2, 0) is 0 Å². The van der Waals surface area contributed by atoms with E-state index in [1.165, 1.54) is 0 Å². The third-order valence-electron chi connectivity index (χ3n) is 4.72. The normalized spacial score (nSPS) is 18.2. The average molecular weight is 361 g/mol. The van der Waals surface area contributed by atoms with Crippen LogP contribution in [0.2, 0.25) is 0 Å². The third kappa shape index (κ3) is 5.50. The fourth-order valence-corrected chi connectivity index (χ4v) is 50.1. The van der Waals surface area contributed by atoms with E-state index in [-0.39, 0.29) is 27.1 Å². The average Bonchev–Trinajstić information content (AvgIpc) is 2.54. The van der Waals surface area contributed by atoms with Crippen LogP contribution in [0.5, 0.6) is 0 Å². The second-order valence-electron chi connectivity index (χ2n) is 6.58. The highest BCUT2D eigenvalue weighted by molar-refractivity contribution is 7.76. The molecule has 0 aliphatic carbocycles. The first-order valence-electron chi connectivity index (χ1n) is 8.38. The first-order valence-corrected chi connectivity index (χ1v) is 19.5. The van der Waals surface area contributed by atoms with Gasteiger partial charge >= 0.3 is 0 Å². The van der Waals surface area contributed by atoms with E-state index in [1.807, 2.05) is 0 Å². The summed E-state index contributed by atoms with van der Waals surface area (Å²) in [4.78, 5) is 0. The van der Waals surface area contributed by atoms with E-state index in [9.17, 15) is 0 Å². The maximum Gasteiger partial charge on any atom is 0.0634 e. The summed E-state index contributed by atoms with van der Waals surface area (Å²) in [5, 5.41) is 7.00. The zero-order valence-corrected chi connectivity index (χ0v) is 20.5. The SMILES string of the molecule is CC=C(C)[SiH2][Si]([SiH2]C(C)=CC)([SiH2]C(C)=CC)c1ccccc1. The summed E-state index contributed by atoms with van der Waals surface area (Å²) in [6.45, 7) is 12.7. The fourth-order valence-electron chi connectivity index (χ4n) is 3.19. The number of hydrogen-bond donors (Lipinski definition) is 0. The van der Waals surface area contributed by atoms with E-state index in [2.05, 4.69) is 90.1 Å². The lowest BCUT2D eigenvalue weighted by molar-refractivity contribution is 1.57. The molecule has 4 heteroatoms. The molecule has 0 radical (unpaired) electrons. The van der Waals surface area contributed by atoms with Gasteiger partial charge in [0.15, 0.2) is 0 Å². The Morgan fingerprint density at radius 1 is 0.727 bits per heavy atom. The van der Waals surface area contributed by atoms with E-state index in [1.54, 1.807) is 20.8 Å². The van der Waals surface area contributed by atoms with Crippen molar-refractivity contribution in [3.63, 3.8) is 0 Å². The zero-order valence-electron chi connectivity index (χ0n) is 15.2. The number of allylic oxidation sites excluding steroid dienone is 6. The first kappa shape index (κ1) is 19.4. The van der Waals surface area contributed by atoms with Crippen molar-refractivity contribution >= 4 is 38.9 Å². The second kappa shape index (κ2) is 9.45. The van der Waals surface area contributed by atoms with Crippen LogP contribution in [0.3, 0.4) is 0 Å². The van der Waals surface area contributed by atoms with Gasteiger partial charge in [0.05, 0.1) is 6.63 Å². The molecule has 0 nitrogen and oxygen atoms in total. The molecule has 22 heavy (non-hydrogen) atoms. The van der Waals surface area contributed by atoms with Crippen LogP contribution in [-0.4, -0.2) is 33.7 Å². The van der Waals surface area contributed by atoms with Crippen LogP contribution < -0.4 is 5.19 Å². The van der Waals surface area contributed by atoms with Crippen molar-refractivity contribution in [3.8, 4) is 0 Å². The van der Waals surface area contributed by atoms with E-state index < -0.39 is 6.63 Å². The van der Waals surface area contributed by atoms with Crippen molar-refractivity contribution in [1.29, 1.82) is 0 Å². The predicted molar refractivity (Wildman–Crippen MR) is 116 cm³/mol. The highest BCUT2D eigenvalue weighted by atomic mass is 29.9. The molecule has 0 N–H and O–H groups in total. The smallest absolute Gasteiger partial charge is 0.0634 e. The van der Waals surface area contributed by atoms with Crippen LogP contribution in [0.25, 0.3) is 0 Å². The third-order valence-corrected chi connectivity index (χ3v) is 39.5.